The maximum atomic E-state index is 13.0. The van der Waals surface area contributed by atoms with Gasteiger partial charge in [0.15, 0.2) is 0 Å². The molecule has 0 saturated carbocycles. The van der Waals surface area contributed by atoms with Gasteiger partial charge >= 0.3 is 6.03 Å². The molecule has 0 bridgehead atoms. The molecule has 1 aliphatic heterocycles. The van der Waals surface area contributed by atoms with E-state index in [1.807, 2.05) is 0 Å². The monoisotopic (exact) mass is 480 g/mol. The summed E-state index contributed by atoms with van der Waals surface area (Å²) >= 11 is 0. The number of nitrogens with zero attached hydrogens (tertiary/aromatic N) is 1. The summed E-state index contributed by atoms with van der Waals surface area (Å²) in [5.74, 6) is 0.135. The number of carbonyl (C=O) groups is 2. The van der Waals surface area contributed by atoms with Crippen LogP contribution in [0.5, 0.6) is 5.75 Å². The first-order chi connectivity index (χ1) is 16.3. The molecule has 1 fully saturated rings. The van der Waals surface area contributed by atoms with Gasteiger partial charge < -0.3 is 15.4 Å². The molecule has 34 heavy (non-hydrogen) atoms. The molecule has 0 unspecified atom stereocenters. The summed E-state index contributed by atoms with van der Waals surface area (Å²) in [6.07, 6.45) is 0. The van der Waals surface area contributed by atoms with Crippen LogP contribution in [0.2, 0.25) is 0 Å². The Morgan fingerprint density at radius 3 is 2.47 bits per heavy atom. The van der Waals surface area contributed by atoms with E-state index in [0.29, 0.717) is 41.5 Å². The number of nitrogens with one attached hydrogen (secondary N) is 3. The summed E-state index contributed by atoms with van der Waals surface area (Å²) in [5.41, 5.74) is 2.20. The van der Waals surface area contributed by atoms with Crippen LogP contribution in [0.3, 0.4) is 0 Å². The Bertz CT molecular complexity index is 1340. The van der Waals surface area contributed by atoms with E-state index in [-0.39, 0.29) is 16.5 Å². The Kier molecular flexibility index (Phi) is 6.42. The topological polar surface area (TPSA) is 117 Å². The number of aryl methyl sites for hydroxylation is 1. The molecule has 0 aromatic heterocycles. The van der Waals surface area contributed by atoms with Crippen LogP contribution in [0, 0.1) is 6.92 Å². The van der Waals surface area contributed by atoms with Gasteiger partial charge in [0, 0.05) is 35.7 Å². The fourth-order valence-corrected chi connectivity index (χ4v) is 4.90. The van der Waals surface area contributed by atoms with Gasteiger partial charge in [0.05, 0.1) is 12.0 Å². The number of benzene rings is 3. The molecule has 0 atom stereocenters. The molecule has 0 spiro atoms. The molecule has 9 nitrogen and oxygen atoms in total. The fraction of sp³-hybridized carbons (Fsp3) is 0.167. The predicted molar refractivity (Wildman–Crippen MR) is 130 cm³/mol. The van der Waals surface area contributed by atoms with E-state index < -0.39 is 15.9 Å². The minimum absolute atomic E-state index is 0.00143. The highest BCUT2D eigenvalue weighted by molar-refractivity contribution is 7.92. The molecule has 1 aliphatic rings. The summed E-state index contributed by atoms with van der Waals surface area (Å²) < 4.78 is 33.6. The Morgan fingerprint density at radius 2 is 1.79 bits per heavy atom. The number of urea groups is 1. The summed E-state index contributed by atoms with van der Waals surface area (Å²) in [6, 6.07) is 17.7. The van der Waals surface area contributed by atoms with Crippen LogP contribution in [0.1, 0.15) is 15.9 Å². The van der Waals surface area contributed by atoms with Gasteiger partial charge in [-0.1, -0.05) is 12.1 Å². The third-order valence-electron chi connectivity index (χ3n) is 5.35. The highest BCUT2D eigenvalue weighted by Gasteiger charge is 2.22. The first-order valence-electron chi connectivity index (χ1n) is 10.5. The van der Waals surface area contributed by atoms with Crippen molar-refractivity contribution in [1.82, 2.24) is 5.32 Å². The van der Waals surface area contributed by atoms with Gasteiger partial charge in [-0.3, -0.25) is 14.4 Å². The summed E-state index contributed by atoms with van der Waals surface area (Å²) in [4.78, 5) is 26.4. The first-order valence-corrected chi connectivity index (χ1v) is 12.0. The van der Waals surface area contributed by atoms with E-state index in [0.717, 1.165) is 0 Å². The Balaban J connectivity index is 1.54. The van der Waals surface area contributed by atoms with Crippen LogP contribution >= 0.6 is 0 Å². The number of hydrogen-bond acceptors (Lipinski definition) is 5. The highest BCUT2D eigenvalue weighted by atomic mass is 32.2. The lowest BCUT2D eigenvalue weighted by atomic mass is 10.1. The molecule has 3 aromatic rings. The van der Waals surface area contributed by atoms with Crippen molar-refractivity contribution in [1.29, 1.82) is 0 Å². The largest absolute Gasteiger partial charge is 0.497 e. The van der Waals surface area contributed by atoms with Crippen LogP contribution in [0.25, 0.3) is 0 Å². The molecular formula is C24H24N4O5S. The summed E-state index contributed by atoms with van der Waals surface area (Å²) in [7, 11) is -2.41. The molecule has 10 heteroatoms. The van der Waals surface area contributed by atoms with E-state index in [9.17, 15) is 18.0 Å². The average Bonchev–Trinajstić information content (AvgIpc) is 3.25. The summed E-state index contributed by atoms with van der Waals surface area (Å²) in [5, 5.41) is 5.50. The number of anilines is 3. The number of hydrogen-bond donors (Lipinski definition) is 3. The van der Waals surface area contributed by atoms with Crippen molar-refractivity contribution in [2.75, 3.05) is 35.1 Å². The lowest BCUT2D eigenvalue weighted by Crippen LogP contribution is -2.27. The van der Waals surface area contributed by atoms with Crippen molar-refractivity contribution in [2.45, 2.75) is 11.8 Å². The van der Waals surface area contributed by atoms with Crippen molar-refractivity contribution in [3.8, 4) is 5.75 Å². The third kappa shape index (κ3) is 4.96. The quantitative estimate of drug-likeness (QED) is 0.478. The zero-order chi connectivity index (χ0) is 24.3. The molecule has 1 saturated heterocycles. The third-order valence-corrected chi connectivity index (χ3v) is 6.88. The number of carbonyl (C=O) groups excluding carboxylic acids is 2. The minimum Gasteiger partial charge on any atom is -0.497 e. The molecule has 1 heterocycles. The number of methoxy groups -OCH3 is 1. The number of ether oxygens (including phenoxy) is 1. The Hall–Kier alpha value is -4.05. The van der Waals surface area contributed by atoms with Crippen LogP contribution in [-0.4, -0.2) is 40.6 Å². The van der Waals surface area contributed by atoms with E-state index in [4.69, 9.17) is 4.74 Å². The average molecular weight is 481 g/mol. The maximum absolute atomic E-state index is 13.0. The fourth-order valence-electron chi connectivity index (χ4n) is 3.57. The van der Waals surface area contributed by atoms with Crippen LogP contribution in [-0.2, 0) is 10.0 Å². The van der Waals surface area contributed by atoms with Gasteiger partial charge in [-0.25, -0.2) is 13.2 Å². The molecule has 4 rings (SSSR count). The molecular weight excluding hydrogens is 456 g/mol. The standard InChI is InChI=1S/C24H24N4O5S/c1-16-6-7-17(14-22(16)34(31,32)27-18-8-10-21(33-2)11-9-18)23(29)26-19-4-3-5-20(15-19)28-13-12-25-24(28)30/h3-11,14-15,27H,12-13H2,1-2H3,(H,25,30)(H,26,29). The van der Waals surface area contributed by atoms with Gasteiger partial charge in [-0.15, -0.1) is 0 Å². The predicted octanol–water partition coefficient (Wildman–Crippen LogP) is 3.59. The van der Waals surface area contributed by atoms with E-state index in [2.05, 4.69) is 15.4 Å². The minimum atomic E-state index is -3.94. The van der Waals surface area contributed by atoms with Gasteiger partial charge in [-0.2, -0.15) is 0 Å². The van der Waals surface area contributed by atoms with Gasteiger partial charge in [0.2, 0.25) is 0 Å². The number of rotatable bonds is 7. The second kappa shape index (κ2) is 9.44. The van der Waals surface area contributed by atoms with Crippen molar-refractivity contribution >= 4 is 39.0 Å². The SMILES string of the molecule is COc1ccc(NS(=O)(=O)c2cc(C(=O)Nc3cccc(N4CCNC4=O)c3)ccc2C)cc1. The number of sulfonamides is 1. The van der Waals surface area contributed by atoms with E-state index in [1.165, 1.54) is 13.2 Å². The van der Waals surface area contributed by atoms with Crippen LogP contribution in [0.15, 0.2) is 71.6 Å². The van der Waals surface area contributed by atoms with Gasteiger partial charge in [0.1, 0.15) is 5.75 Å². The molecule has 3 amide bonds. The molecule has 3 aromatic carbocycles. The zero-order valence-electron chi connectivity index (χ0n) is 18.7. The van der Waals surface area contributed by atoms with Crippen molar-refractivity contribution < 1.29 is 22.7 Å². The zero-order valence-corrected chi connectivity index (χ0v) is 19.5. The Labute approximate surface area is 197 Å². The second-order valence-corrected chi connectivity index (χ2v) is 9.35. The Morgan fingerprint density at radius 1 is 1.03 bits per heavy atom. The van der Waals surface area contributed by atoms with Crippen molar-refractivity contribution in [3.63, 3.8) is 0 Å². The highest BCUT2D eigenvalue weighted by Crippen LogP contribution is 2.24. The lowest BCUT2D eigenvalue weighted by molar-refractivity contribution is 0.102. The molecule has 0 aliphatic carbocycles. The number of amides is 3. The molecule has 0 radical (unpaired) electrons. The van der Waals surface area contributed by atoms with Crippen LogP contribution in [0.4, 0.5) is 21.9 Å². The van der Waals surface area contributed by atoms with E-state index >= 15 is 0 Å². The first kappa shape index (κ1) is 23.1. The van der Waals surface area contributed by atoms with Crippen LogP contribution < -0.4 is 25.0 Å². The lowest BCUT2D eigenvalue weighted by Gasteiger charge is -2.16. The van der Waals surface area contributed by atoms with Gasteiger partial charge in [-0.05, 0) is 67.1 Å². The smallest absolute Gasteiger partial charge is 0.321 e. The molecule has 176 valence electrons. The maximum Gasteiger partial charge on any atom is 0.321 e. The normalized spacial score (nSPS) is 13.4. The van der Waals surface area contributed by atoms with E-state index in [1.54, 1.807) is 72.5 Å². The van der Waals surface area contributed by atoms with Gasteiger partial charge in [0.25, 0.3) is 15.9 Å². The molecule has 3 N–H and O–H groups in total. The second-order valence-electron chi connectivity index (χ2n) is 7.70. The summed E-state index contributed by atoms with van der Waals surface area (Å²) in [6.45, 7) is 2.76. The van der Waals surface area contributed by atoms with Crippen molar-refractivity contribution in [3.05, 3.63) is 77.9 Å². The van der Waals surface area contributed by atoms with Crippen molar-refractivity contribution in [2.24, 2.45) is 0 Å².